The molecule has 208 valence electrons. The molecule has 4 N–H and O–H groups in total. The van der Waals surface area contributed by atoms with E-state index in [4.69, 9.17) is 10.5 Å². The largest absolute Gasteiger partial charge is 0.465 e. The molecule has 1 aromatic heterocycles. The summed E-state index contributed by atoms with van der Waals surface area (Å²) in [5, 5.41) is 5.46. The summed E-state index contributed by atoms with van der Waals surface area (Å²) in [4.78, 5) is 42.3. The van der Waals surface area contributed by atoms with E-state index >= 15 is 0 Å². The molecular weight excluding hydrogens is 543 g/mol. The molecule has 1 fully saturated rings. The number of benzene rings is 3. The zero-order chi connectivity index (χ0) is 28.8. The van der Waals surface area contributed by atoms with Gasteiger partial charge in [-0.1, -0.05) is 18.2 Å². The van der Waals surface area contributed by atoms with Crippen LogP contribution in [0.3, 0.4) is 0 Å². The third kappa shape index (κ3) is 6.79. The molecule has 10 heteroatoms. The number of thioether (sulfide) groups is 1. The van der Waals surface area contributed by atoms with E-state index in [2.05, 4.69) is 15.6 Å². The minimum Gasteiger partial charge on any atom is -0.465 e. The van der Waals surface area contributed by atoms with E-state index in [0.29, 0.717) is 40.3 Å². The summed E-state index contributed by atoms with van der Waals surface area (Å²) in [6.07, 6.45) is 3.16. The molecule has 41 heavy (non-hydrogen) atoms. The average molecular weight is 571 g/mol. The van der Waals surface area contributed by atoms with Crippen LogP contribution in [0.4, 0.5) is 15.8 Å². The maximum absolute atomic E-state index is 14.0. The Labute approximate surface area is 240 Å². The fourth-order valence-corrected chi connectivity index (χ4v) is 5.41. The summed E-state index contributed by atoms with van der Waals surface area (Å²) in [6.45, 7) is 0.705. The second-order valence-corrected chi connectivity index (χ2v) is 10.5. The van der Waals surface area contributed by atoms with E-state index in [9.17, 15) is 18.8 Å². The number of rotatable bonds is 9. The van der Waals surface area contributed by atoms with Crippen LogP contribution in [0.5, 0.6) is 0 Å². The van der Waals surface area contributed by atoms with Crippen molar-refractivity contribution in [1.29, 1.82) is 0 Å². The van der Waals surface area contributed by atoms with Crippen LogP contribution in [0, 0.1) is 11.7 Å². The second kappa shape index (κ2) is 12.8. The maximum atomic E-state index is 14.0. The smallest absolute Gasteiger partial charge is 0.309 e. The van der Waals surface area contributed by atoms with E-state index in [1.807, 2.05) is 30.3 Å². The number of anilines is 2. The van der Waals surface area contributed by atoms with Crippen molar-refractivity contribution in [2.24, 2.45) is 11.7 Å². The van der Waals surface area contributed by atoms with Gasteiger partial charge in [0.15, 0.2) is 5.82 Å². The highest BCUT2D eigenvalue weighted by molar-refractivity contribution is 7.99. The molecule has 0 spiro atoms. The summed E-state index contributed by atoms with van der Waals surface area (Å²) in [5.74, 6) is -0.979. The van der Waals surface area contributed by atoms with Gasteiger partial charge < -0.3 is 21.1 Å². The van der Waals surface area contributed by atoms with Gasteiger partial charge in [-0.15, -0.1) is 11.8 Å². The van der Waals surface area contributed by atoms with Crippen LogP contribution < -0.4 is 16.4 Å². The Morgan fingerprint density at radius 1 is 1.00 bits per heavy atom. The van der Waals surface area contributed by atoms with E-state index < -0.39 is 11.7 Å². The molecule has 5 rings (SSSR count). The van der Waals surface area contributed by atoms with Gasteiger partial charge in [-0.3, -0.25) is 19.4 Å². The topological polar surface area (TPSA) is 123 Å². The summed E-state index contributed by atoms with van der Waals surface area (Å²) in [7, 11) is 0. The fourth-order valence-electron chi connectivity index (χ4n) is 4.39. The monoisotopic (exact) mass is 570 g/mol. The number of nitrogens with zero attached hydrogens (tertiary/aromatic N) is 1. The molecule has 2 amide bonds. The van der Waals surface area contributed by atoms with Crippen LogP contribution in [-0.2, 0) is 16.1 Å². The first kappa shape index (κ1) is 28.0. The maximum Gasteiger partial charge on any atom is 0.309 e. The van der Waals surface area contributed by atoms with Crippen molar-refractivity contribution in [1.82, 2.24) is 4.98 Å². The number of nitrogens with one attached hydrogen (secondary N) is 2. The number of nitrogens with two attached hydrogens (primary N) is 1. The number of halogens is 1. The third-order valence-electron chi connectivity index (χ3n) is 6.66. The molecule has 0 aliphatic carbocycles. The lowest BCUT2D eigenvalue weighted by Gasteiger charge is -2.13. The van der Waals surface area contributed by atoms with Gasteiger partial charge in [0.05, 0.1) is 24.4 Å². The van der Waals surface area contributed by atoms with Gasteiger partial charge >= 0.3 is 5.97 Å². The predicted molar refractivity (Wildman–Crippen MR) is 156 cm³/mol. The van der Waals surface area contributed by atoms with E-state index in [1.54, 1.807) is 48.2 Å². The number of aromatic nitrogens is 1. The Hall–Kier alpha value is -4.54. The molecule has 2 heterocycles. The number of carbonyl (C=O) groups is 3. The minimum atomic E-state index is -0.637. The average Bonchev–Trinajstić information content (AvgIpc) is 3.42. The highest BCUT2D eigenvalue weighted by Crippen LogP contribution is 2.29. The summed E-state index contributed by atoms with van der Waals surface area (Å²) in [6, 6.07) is 20.9. The molecule has 0 unspecified atom stereocenters. The van der Waals surface area contributed by atoms with Crippen LogP contribution in [0.1, 0.15) is 32.7 Å². The number of hydrogen-bond acceptors (Lipinski definition) is 7. The summed E-state index contributed by atoms with van der Waals surface area (Å²) in [5.41, 5.74) is 9.56. The quantitative estimate of drug-likeness (QED) is 0.179. The number of esters is 1. The van der Waals surface area contributed by atoms with Gasteiger partial charge in [-0.05, 0) is 77.7 Å². The standard InChI is InChI=1S/C31H27FN4O4S/c32-27-17-34-12-10-28(27)36-30(38)21-4-5-22(16-33)26(15-21)19-2-1-3-20(14-19)29(37)35-24-6-8-25(9-7-24)41-18-23-11-13-40-31(23)39/h1-10,12,14-15,17,23H,11,13,16,18,33H2,(H,35,37)(H,34,36,38)/t23-/m1/s1. The highest BCUT2D eigenvalue weighted by Gasteiger charge is 2.26. The van der Waals surface area contributed by atoms with E-state index in [-0.39, 0.29) is 30.0 Å². The van der Waals surface area contributed by atoms with Gasteiger partial charge in [0.25, 0.3) is 11.8 Å². The molecule has 1 saturated heterocycles. The summed E-state index contributed by atoms with van der Waals surface area (Å²) < 4.78 is 19.0. The van der Waals surface area contributed by atoms with Crippen LogP contribution in [-0.4, -0.2) is 35.1 Å². The number of hydrogen-bond donors (Lipinski definition) is 3. The SMILES string of the molecule is NCc1ccc(C(=O)Nc2ccncc2F)cc1-c1cccc(C(=O)Nc2ccc(SC[C@H]3CCOC3=O)cc2)c1. The van der Waals surface area contributed by atoms with Crippen molar-refractivity contribution in [2.45, 2.75) is 17.9 Å². The molecule has 4 aromatic rings. The van der Waals surface area contributed by atoms with Crippen molar-refractivity contribution in [2.75, 3.05) is 23.0 Å². The Morgan fingerprint density at radius 2 is 1.78 bits per heavy atom. The summed E-state index contributed by atoms with van der Waals surface area (Å²) >= 11 is 1.58. The normalized spacial score (nSPS) is 14.4. The Kier molecular flexibility index (Phi) is 8.71. The number of ether oxygens (including phenoxy) is 1. The lowest BCUT2D eigenvalue weighted by Crippen LogP contribution is -2.14. The first-order chi connectivity index (χ1) is 19.9. The Bertz CT molecular complexity index is 1600. The van der Waals surface area contributed by atoms with Crippen molar-refractivity contribution < 1.29 is 23.5 Å². The molecule has 1 aliphatic rings. The van der Waals surface area contributed by atoms with Gasteiger partial charge in [0, 0.05) is 40.2 Å². The van der Waals surface area contributed by atoms with Gasteiger partial charge in [0.1, 0.15) is 0 Å². The Morgan fingerprint density at radius 3 is 2.51 bits per heavy atom. The van der Waals surface area contributed by atoms with Gasteiger partial charge in [-0.25, -0.2) is 4.39 Å². The molecule has 8 nitrogen and oxygen atoms in total. The Balaban J connectivity index is 1.29. The lowest BCUT2D eigenvalue weighted by atomic mass is 9.95. The molecule has 0 bridgehead atoms. The zero-order valence-electron chi connectivity index (χ0n) is 21.9. The zero-order valence-corrected chi connectivity index (χ0v) is 22.7. The molecule has 3 aromatic carbocycles. The van der Waals surface area contributed by atoms with Crippen molar-refractivity contribution >= 4 is 40.9 Å². The van der Waals surface area contributed by atoms with Gasteiger partial charge in [-0.2, -0.15) is 0 Å². The third-order valence-corrected chi connectivity index (χ3v) is 7.83. The van der Waals surface area contributed by atoms with Gasteiger partial charge in [0.2, 0.25) is 0 Å². The number of cyclic esters (lactones) is 1. The number of amides is 2. The first-order valence-corrected chi connectivity index (χ1v) is 13.9. The van der Waals surface area contributed by atoms with Crippen LogP contribution in [0.2, 0.25) is 0 Å². The fraction of sp³-hybridized carbons (Fsp3) is 0.161. The van der Waals surface area contributed by atoms with Crippen molar-refractivity contribution in [3.05, 3.63) is 108 Å². The molecule has 0 saturated carbocycles. The molecule has 1 atom stereocenters. The van der Waals surface area contributed by atoms with Crippen LogP contribution >= 0.6 is 11.8 Å². The van der Waals surface area contributed by atoms with E-state index in [1.165, 1.54) is 12.3 Å². The lowest BCUT2D eigenvalue weighted by molar-refractivity contribution is -0.140. The van der Waals surface area contributed by atoms with Crippen molar-refractivity contribution in [3.63, 3.8) is 0 Å². The molecular formula is C31H27FN4O4S. The van der Waals surface area contributed by atoms with Crippen LogP contribution in [0.25, 0.3) is 11.1 Å². The molecule has 1 aliphatic heterocycles. The molecule has 0 radical (unpaired) electrons. The predicted octanol–water partition coefficient (Wildman–Crippen LogP) is 5.51. The number of carbonyl (C=O) groups excluding carboxylic acids is 3. The number of pyridine rings is 1. The highest BCUT2D eigenvalue weighted by atomic mass is 32.2. The van der Waals surface area contributed by atoms with Crippen LogP contribution in [0.15, 0.2) is 90.1 Å². The first-order valence-electron chi connectivity index (χ1n) is 13.0. The van der Waals surface area contributed by atoms with E-state index in [0.717, 1.165) is 23.1 Å². The minimum absolute atomic E-state index is 0.0262. The second-order valence-electron chi connectivity index (χ2n) is 9.41. The van der Waals surface area contributed by atoms with Crippen molar-refractivity contribution in [3.8, 4) is 11.1 Å².